The fourth-order valence-electron chi connectivity index (χ4n) is 4.35. The maximum atomic E-state index is 12.0. The fourth-order valence-corrected chi connectivity index (χ4v) is 5.05. The Morgan fingerprint density at radius 1 is 0.949 bits per heavy atom. The number of nitrogens with two attached hydrogens (primary N) is 1. The van der Waals surface area contributed by atoms with Crippen LogP contribution in [0.25, 0.3) is 28.2 Å². The van der Waals surface area contributed by atoms with Crippen molar-refractivity contribution >= 4 is 57.9 Å². The lowest BCUT2D eigenvalue weighted by Crippen LogP contribution is -2.45. The number of piperidine rings is 1. The third kappa shape index (κ3) is 6.34. The Balaban J connectivity index is 0.00000100. The third-order valence-corrected chi connectivity index (χ3v) is 7.74. The van der Waals surface area contributed by atoms with Gasteiger partial charge in [0.1, 0.15) is 5.82 Å². The largest absolute Gasteiger partial charge is 0.369 e. The van der Waals surface area contributed by atoms with Crippen LogP contribution in [0.1, 0.15) is 47.5 Å². The molecular formula is C29H36Cl2N6OS. The fraction of sp³-hybridized carbons (Fsp3) is 0.379. The van der Waals surface area contributed by atoms with Crippen LogP contribution in [-0.2, 0) is 4.79 Å². The van der Waals surface area contributed by atoms with Crippen molar-refractivity contribution in [2.75, 3.05) is 24.2 Å². The summed E-state index contributed by atoms with van der Waals surface area (Å²) in [4.78, 5) is 28.9. The minimum Gasteiger partial charge on any atom is -0.369 e. The summed E-state index contributed by atoms with van der Waals surface area (Å²) in [6.45, 7) is 11.2. The van der Waals surface area contributed by atoms with Gasteiger partial charge in [0.25, 0.3) is 0 Å². The summed E-state index contributed by atoms with van der Waals surface area (Å²) in [6, 6.07) is 15.2. The molecule has 2 aromatic carbocycles. The molecule has 4 aromatic rings. The highest BCUT2D eigenvalue weighted by atomic mass is 35.5. The molecule has 0 unspecified atom stereocenters. The van der Waals surface area contributed by atoms with Crippen LogP contribution >= 0.6 is 35.0 Å². The first-order chi connectivity index (χ1) is 18.8. The lowest BCUT2D eigenvalue weighted by molar-refractivity contribution is -0.127. The smallest absolute Gasteiger partial charge is 0.223 e. The topological polar surface area (TPSA) is 89.9 Å². The van der Waals surface area contributed by atoms with Gasteiger partial charge >= 0.3 is 0 Å². The molecule has 0 atom stereocenters. The molecule has 0 aliphatic carbocycles. The number of carbonyl (C=O) groups is 1. The highest BCUT2D eigenvalue weighted by Gasteiger charge is 2.36. The van der Waals surface area contributed by atoms with E-state index in [2.05, 4.69) is 4.90 Å². The van der Waals surface area contributed by atoms with Crippen molar-refractivity contribution in [3.05, 3.63) is 58.6 Å². The molecular weight excluding hydrogens is 551 g/mol. The van der Waals surface area contributed by atoms with E-state index in [-0.39, 0.29) is 5.91 Å². The van der Waals surface area contributed by atoms with Gasteiger partial charge in [-0.15, -0.1) is 0 Å². The van der Waals surface area contributed by atoms with Gasteiger partial charge in [-0.3, -0.25) is 9.36 Å². The number of halogens is 2. The second-order valence-corrected chi connectivity index (χ2v) is 10.5. The Kier molecular flexibility index (Phi) is 10.6. The first-order valence-corrected chi connectivity index (χ1v) is 15.2. The summed E-state index contributed by atoms with van der Waals surface area (Å²) in [5.41, 5.74) is 8.17. The highest BCUT2D eigenvalue weighted by Crippen LogP contribution is 2.38. The molecule has 0 bridgehead atoms. The second kappa shape index (κ2) is 13.5. The number of hydrogen-bond acceptors (Lipinski definition) is 6. The van der Waals surface area contributed by atoms with Crippen molar-refractivity contribution in [1.29, 1.82) is 0 Å². The number of anilines is 1. The van der Waals surface area contributed by atoms with Crippen LogP contribution in [0.4, 0.5) is 5.82 Å². The van der Waals surface area contributed by atoms with Gasteiger partial charge in [-0.1, -0.05) is 81.7 Å². The van der Waals surface area contributed by atoms with Gasteiger partial charge in [0.2, 0.25) is 5.91 Å². The molecule has 7 nitrogen and oxygen atoms in total. The monoisotopic (exact) mass is 586 g/mol. The van der Waals surface area contributed by atoms with Gasteiger partial charge in [-0.25, -0.2) is 15.0 Å². The molecule has 1 fully saturated rings. The Hall–Kier alpha value is -2.81. The molecule has 1 aliphatic heterocycles. The van der Waals surface area contributed by atoms with Crippen LogP contribution in [0.3, 0.4) is 0 Å². The van der Waals surface area contributed by atoms with E-state index in [1.807, 2.05) is 94.0 Å². The van der Waals surface area contributed by atoms with Crippen molar-refractivity contribution in [2.24, 2.45) is 11.1 Å². The summed E-state index contributed by atoms with van der Waals surface area (Å²) in [5.74, 6) is 1.15. The molecule has 1 saturated heterocycles. The molecule has 2 aromatic heterocycles. The van der Waals surface area contributed by atoms with E-state index < -0.39 is 5.41 Å². The van der Waals surface area contributed by atoms with Gasteiger partial charge in [0.15, 0.2) is 22.1 Å². The predicted molar refractivity (Wildman–Crippen MR) is 165 cm³/mol. The Morgan fingerprint density at radius 3 is 2.13 bits per heavy atom. The van der Waals surface area contributed by atoms with E-state index in [1.54, 1.807) is 0 Å². The minimum atomic E-state index is -0.517. The first kappa shape index (κ1) is 30.7. The standard InChI is InChI=1S/C25H24Cl2N6OS.2C2H6/c1-25(23(28)34)11-13-32(14-12-25)21-19-22(31-24(30-21)35-2)33(16-9-7-15(26)8-10-16)20(29-19)17-5-3-4-6-18(17)27;2*1-2/h3-10H,11-14H2,1-2H3,(H2,28,34);2*1-2H3. The molecule has 1 aliphatic rings. The van der Waals surface area contributed by atoms with E-state index in [9.17, 15) is 4.79 Å². The summed E-state index contributed by atoms with van der Waals surface area (Å²) in [7, 11) is 0. The zero-order chi connectivity index (χ0) is 28.7. The zero-order valence-electron chi connectivity index (χ0n) is 23.3. The Morgan fingerprint density at radius 2 is 1.56 bits per heavy atom. The number of imidazole rings is 1. The average Bonchev–Trinajstić information content (AvgIpc) is 3.35. The molecule has 10 heteroatoms. The Labute approximate surface area is 245 Å². The average molecular weight is 588 g/mol. The third-order valence-electron chi connectivity index (χ3n) is 6.61. The Bertz CT molecular complexity index is 1420. The van der Waals surface area contributed by atoms with E-state index in [0.717, 1.165) is 17.1 Å². The van der Waals surface area contributed by atoms with Crippen LogP contribution in [0.15, 0.2) is 53.7 Å². The first-order valence-electron chi connectivity index (χ1n) is 13.2. The predicted octanol–water partition coefficient (Wildman–Crippen LogP) is 7.66. The van der Waals surface area contributed by atoms with E-state index in [0.29, 0.717) is 58.1 Å². The number of primary amides is 1. The van der Waals surface area contributed by atoms with Crippen LogP contribution < -0.4 is 10.6 Å². The molecule has 0 saturated carbocycles. The number of nitrogens with zero attached hydrogens (tertiary/aromatic N) is 5. The van der Waals surface area contributed by atoms with Crippen molar-refractivity contribution in [3.63, 3.8) is 0 Å². The van der Waals surface area contributed by atoms with Gasteiger partial charge < -0.3 is 10.6 Å². The van der Waals surface area contributed by atoms with Crippen molar-refractivity contribution < 1.29 is 4.79 Å². The summed E-state index contributed by atoms with van der Waals surface area (Å²) < 4.78 is 2.00. The van der Waals surface area contributed by atoms with Gasteiger partial charge in [0.05, 0.1) is 5.02 Å². The maximum absolute atomic E-state index is 12.0. The molecule has 5 rings (SSSR count). The molecule has 1 amide bonds. The van der Waals surface area contributed by atoms with E-state index >= 15 is 0 Å². The maximum Gasteiger partial charge on any atom is 0.223 e. The van der Waals surface area contributed by atoms with Crippen LogP contribution in [-0.4, -0.2) is 44.8 Å². The molecule has 3 heterocycles. The zero-order valence-corrected chi connectivity index (χ0v) is 25.7. The number of hydrogen-bond donors (Lipinski definition) is 1. The number of aromatic nitrogens is 4. The molecule has 2 N–H and O–H groups in total. The molecule has 0 radical (unpaired) electrons. The number of amides is 1. The summed E-state index contributed by atoms with van der Waals surface area (Å²) in [6.07, 6.45) is 3.25. The van der Waals surface area contributed by atoms with Gasteiger partial charge in [-0.05, 0) is 55.5 Å². The van der Waals surface area contributed by atoms with Gasteiger partial charge in [-0.2, -0.15) is 0 Å². The second-order valence-electron chi connectivity index (χ2n) is 8.85. The lowest BCUT2D eigenvalue weighted by Gasteiger charge is -2.37. The number of carbonyl (C=O) groups excluding carboxylic acids is 1. The van der Waals surface area contributed by atoms with Crippen LogP contribution in [0.5, 0.6) is 0 Å². The minimum absolute atomic E-state index is 0.261. The highest BCUT2D eigenvalue weighted by molar-refractivity contribution is 7.98. The molecule has 39 heavy (non-hydrogen) atoms. The number of thioether (sulfide) groups is 1. The van der Waals surface area contributed by atoms with E-state index in [4.69, 9.17) is 43.9 Å². The molecule has 0 spiro atoms. The van der Waals surface area contributed by atoms with Crippen molar-refractivity contribution in [1.82, 2.24) is 19.5 Å². The quantitative estimate of drug-likeness (QED) is 0.191. The normalized spacial score (nSPS) is 14.2. The van der Waals surface area contributed by atoms with Crippen molar-refractivity contribution in [3.8, 4) is 17.1 Å². The summed E-state index contributed by atoms with van der Waals surface area (Å²) in [5, 5.41) is 1.87. The van der Waals surface area contributed by atoms with E-state index in [1.165, 1.54) is 11.8 Å². The number of rotatable bonds is 5. The SMILES string of the molecule is CC.CC.CSc1nc(N2CCC(C)(C(N)=O)CC2)c2nc(-c3ccccc3Cl)n(-c3ccc(Cl)cc3)c2n1. The van der Waals surface area contributed by atoms with Crippen LogP contribution in [0, 0.1) is 5.41 Å². The number of benzene rings is 2. The van der Waals surface area contributed by atoms with Crippen molar-refractivity contribution in [2.45, 2.75) is 52.6 Å². The number of fused-ring (bicyclic) bond motifs is 1. The summed E-state index contributed by atoms with van der Waals surface area (Å²) >= 11 is 14.3. The lowest BCUT2D eigenvalue weighted by atomic mass is 9.80. The van der Waals surface area contributed by atoms with Gasteiger partial charge in [0, 0.05) is 34.8 Å². The van der Waals surface area contributed by atoms with Crippen LogP contribution in [0.2, 0.25) is 10.0 Å². The molecule has 208 valence electrons.